The number of aryl methyl sites for hydroxylation is 1. The van der Waals surface area contributed by atoms with Crippen LogP contribution >= 0.6 is 15.9 Å². The van der Waals surface area contributed by atoms with Gasteiger partial charge in [0.15, 0.2) is 6.10 Å². The van der Waals surface area contributed by atoms with E-state index in [0.717, 1.165) is 4.68 Å². The monoisotopic (exact) mass is 258 g/mol. The Bertz CT molecular complexity index is 290. The highest BCUT2D eigenvalue weighted by molar-refractivity contribution is 9.10. The summed E-state index contributed by atoms with van der Waals surface area (Å²) in [5, 5.41) is 12.5. The van der Waals surface area contributed by atoms with Gasteiger partial charge >= 0.3 is 6.18 Å². The van der Waals surface area contributed by atoms with E-state index in [1.165, 1.54) is 13.2 Å². The highest BCUT2D eigenvalue weighted by atomic mass is 79.9. The van der Waals surface area contributed by atoms with Crippen molar-refractivity contribution in [3.05, 3.63) is 16.4 Å². The molecule has 0 amide bonds. The molecule has 74 valence electrons. The maximum absolute atomic E-state index is 12.1. The number of aromatic nitrogens is 2. The summed E-state index contributed by atoms with van der Waals surface area (Å²) in [6.07, 6.45) is -5.98. The van der Waals surface area contributed by atoms with Gasteiger partial charge in [0.25, 0.3) is 0 Å². The molecule has 13 heavy (non-hydrogen) atoms. The van der Waals surface area contributed by atoms with Gasteiger partial charge in [-0.1, -0.05) is 0 Å². The van der Waals surface area contributed by atoms with Crippen LogP contribution in [0.15, 0.2) is 10.7 Å². The van der Waals surface area contributed by atoms with Gasteiger partial charge in [-0.15, -0.1) is 0 Å². The predicted molar refractivity (Wildman–Crippen MR) is 41.9 cm³/mol. The quantitative estimate of drug-likeness (QED) is 0.834. The van der Waals surface area contributed by atoms with Gasteiger partial charge in [0.2, 0.25) is 0 Å². The summed E-state index contributed by atoms with van der Waals surface area (Å²) in [5.74, 6) is 0. The molecule has 0 fully saturated rings. The molecule has 1 heterocycles. The van der Waals surface area contributed by atoms with Crippen LogP contribution in [-0.4, -0.2) is 21.1 Å². The molecule has 1 aromatic heterocycles. The fourth-order valence-corrected chi connectivity index (χ4v) is 1.45. The Morgan fingerprint density at radius 1 is 1.62 bits per heavy atom. The summed E-state index contributed by atoms with van der Waals surface area (Å²) in [6, 6.07) is 0. The van der Waals surface area contributed by atoms with Gasteiger partial charge in [-0.3, -0.25) is 4.68 Å². The smallest absolute Gasteiger partial charge is 0.378 e. The van der Waals surface area contributed by atoms with Crippen LogP contribution in [0.2, 0.25) is 0 Å². The van der Waals surface area contributed by atoms with E-state index < -0.39 is 12.3 Å². The van der Waals surface area contributed by atoms with Crippen LogP contribution in [0.4, 0.5) is 13.2 Å². The predicted octanol–water partition coefficient (Wildman–Crippen LogP) is 1.78. The molecule has 0 aliphatic carbocycles. The number of hydrogen-bond donors (Lipinski definition) is 1. The lowest BCUT2D eigenvalue weighted by Crippen LogP contribution is -2.23. The number of rotatable bonds is 1. The molecule has 3 nitrogen and oxygen atoms in total. The van der Waals surface area contributed by atoms with E-state index in [4.69, 9.17) is 5.11 Å². The second-order valence-electron chi connectivity index (χ2n) is 2.45. The minimum Gasteiger partial charge on any atom is -0.378 e. The zero-order valence-corrected chi connectivity index (χ0v) is 8.09. The fourth-order valence-electron chi connectivity index (χ4n) is 0.883. The van der Waals surface area contributed by atoms with Crippen LogP contribution in [0.5, 0.6) is 0 Å². The van der Waals surface area contributed by atoms with Crippen molar-refractivity contribution in [3.63, 3.8) is 0 Å². The third kappa shape index (κ3) is 2.02. The second-order valence-corrected chi connectivity index (χ2v) is 3.30. The molecule has 1 N–H and O–H groups in total. The van der Waals surface area contributed by atoms with Gasteiger partial charge in [0, 0.05) is 7.05 Å². The molecule has 0 radical (unpaired) electrons. The molecule has 1 aromatic rings. The van der Waals surface area contributed by atoms with Crippen molar-refractivity contribution >= 4 is 15.9 Å². The van der Waals surface area contributed by atoms with Crippen LogP contribution in [0.3, 0.4) is 0 Å². The summed E-state index contributed by atoms with van der Waals surface area (Å²) in [7, 11) is 1.33. The Balaban J connectivity index is 3.08. The topological polar surface area (TPSA) is 38.0 Å². The molecule has 1 rings (SSSR count). The van der Waals surface area contributed by atoms with Crippen LogP contribution in [0.1, 0.15) is 11.8 Å². The SMILES string of the molecule is Cn1ncc(Br)c1C(O)C(F)(F)F. The molecular weight excluding hydrogens is 253 g/mol. The van der Waals surface area contributed by atoms with E-state index in [2.05, 4.69) is 21.0 Å². The first-order valence-corrected chi connectivity index (χ1v) is 4.05. The molecule has 0 aliphatic heterocycles. The number of aliphatic hydroxyl groups is 1. The summed E-state index contributed by atoms with van der Waals surface area (Å²) in [5.41, 5.74) is -0.299. The lowest BCUT2D eigenvalue weighted by atomic mass is 10.2. The third-order valence-electron chi connectivity index (χ3n) is 1.51. The molecule has 0 spiro atoms. The molecule has 1 unspecified atom stereocenters. The Morgan fingerprint density at radius 3 is 2.46 bits per heavy atom. The van der Waals surface area contributed by atoms with E-state index in [0.29, 0.717) is 0 Å². The fraction of sp³-hybridized carbons (Fsp3) is 0.500. The van der Waals surface area contributed by atoms with E-state index in [-0.39, 0.29) is 10.2 Å². The van der Waals surface area contributed by atoms with Gasteiger partial charge in [0.05, 0.1) is 16.4 Å². The number of halogens is 4. The average molecular weight is 259 g/mol. The average Bonchev–Trinajstić information content (AvgIpc) is 2.28. The van der Waals surface area contributed by atoms with Crippen molar-refractivity contribution in [2.45, 2.75) is 12.3 Å². The highest BCUT2D eigenvalue weighted by Crippen LogP contribution is 2.35. The van der Waals surface area contributed by atoms with Gasteiger partial charge < -0.3 is 5.11 Å². The summed E-state index contributed by atoms with van der Waals surface area (Å²) >= 11 is 2.87. The Kier molecular flexibility index (Phi) is 2.67. The molecule has 0 aromatic carbocycles. The van der Waals surface area contributed by atoms with Crippen molar-refractivity contribution in [2.24, 2.45) is 7.05 Å². The van der Waals surface area contributed by atoms with E-state index in [1.54, 1.807) is 0 Å². The molecule has 7 heteroatoms. The minimum atomic E-state index is -4.67. The Morgan fingerprint density at radius 2 is 2.15 bits per heavy atom. The first-order chi connectivity index (χ1) is 5.84. The first kappa shape index (κ1) is 10.5. The molecule has 0 bridgehead atoms. The molecule has 0 saturated carbocycles. The van der Waals surface area contributed by atoms with Crippen molar-refractivity contribution in [1.82, 2.24) is 9.78 Å². The molecule has 1 atom stereocenters. The highest BCUT2D eigenvalue weighted by Gasteiger charge is 2.42. The lowest BCUT2D eigenvalue weighted by Gasteiger charge is -2.14. The number of nitrogens with zero attached hydrogens (tertiary/aromatic N) is 2. The summed E-state index contributed by atoms with van der Waals surface area (Å²) in [4.78, 5) is 0. The maximum atomic E-state index is 12.1. The normalized spacial score (nSPS) is 14.6. The van der Waals surface area contributed by atoms with Crippen molar-refractivity contribution in [2.75, 3.05) is 0 Å². The van der Waals surface area contributed by atoms with Crippen LogP contribution in [0, 0.1) is 0 Å². The number of alkyl halides is 3. The summed E-state index contributed by atoms with van der Waals surface area (Å²) in [6.45, 7) is 0. The van der Waals surface area contributed by atoms with Crippen LogP contribution in [-0.2, 0) is 7.05 Å². The summed E-state index contributed by atoms with van der Waals surface area (Å²) < 4.78 is 37.3. The number of aliphatic hydroxyl groups excluding tert-OH is 1. The number of hydrogen-bond acceptors (Lipinski definition) is 2. The van der Waals surface area contributed by atoms with Gasteiger partial charge in [0.1, 0.15) is 0 Å². The van der Waals surface area contributed by atoms with Gasteiger partial charge in [-0.2, -0.15) is 18.3 Å². The molecule has 0 saturated heterocycles. The van der Waals surface area contributed by atoms with E-state index in [1.807, 2.05) is 0 Å². The standard InChI is InChI=1S/C6H6BrF3N2O/c1-12-4(3(7)2-11-12)5(13)6(8,9)10/h2,5,13H,1H3. The zero-order chi connectivity index (χ0) is 10.2. The first-order valence-electron chi connectivity index (χ1n) is 3.26. The maximum Gasteiger partial charge on any atom is 0.420 e. The molecular formula is C6H6BrF3N2O. The van der Waals surface area contributed by atoms with Crippen molar-refractivity contribution in [1.29, 1.82) is 0 Å². The van der Waals surface area contributed by atoms with Gasteiger partial charge in [-0.25, -0.2) is 0 Å². The van der Waals surface area contributed by atoms with Crippen LogP contribution in [0.25, 0.3) is 0 Å². The largest absolute Gasteiger partial charge is 0.420 e. The minimum absolute atomic E-state index is 0.139. The lowest BCUT2D eigenvalue weighted by molar-refractivity contribution is -0.209. The van der Waals surface area contributed by atoms with Gasteiger partial charge in [-0.05, 0) is 15.9 Å². The zero-order valence-electron chi connectivity index (χ0n) is 6.51. The van der Waals surface area contributed by atoms with Crippen molar-refractivity contribution in [3.8, 4) is 0 Å². The van der Waals surface area contributed by atoms with Crippen LogP contribution < -0.4 is 0 Å². The third-order valence-corrected chi connectivity index (χ3v) is 2.12. The van der Waals surface area contributed by atoms with E-state index in [9.17, 15) is 13.2 Å². The van der Waals surface area contributed by atoms with Crippen molar-refractivity contribution < 1.29 is 18.3 Å². The van der Waals surface area contributed by atoms with E-state index >= 15 is 0 Å². The Labute approximate surface area is 80.3 Å². The Hall–Kier alpha value is -0.560. The second kappa shape index (κ2) is 3.30. The molecule has 0 aliphatic rings.